The van der Waals surface area contributed by atoms with Crippen molar-refractivity contribution in [3.63, 3.8) is 0 Å². The van der Waals surface area contributed by atoms with E-state index < -0.39 is 31.1 Å². The van der Waals surface area contributed by atoms with Gasteiger partial charge in [0, 0.05) is 49.8 Å². The molecule has 1 atom stereocenters. The molecule has 3 aromatic heterocycles. The average Bonchev–Trinajstić information content (AvgIpc) is 3.51. The van der Waals surface area contributed by atoms with Gasteiger partial charge < -0.3 is 19.5 Å². The number of carbonyl (C=O) groups excluding carboxylic acids is 1. The van der Waals surface area contributed by atoms with Gasteiger partial charge in [0.25, 0.3) is 5.91 Å². The number of anilines is 2. The molecule has 1 N–H and O–H groups in total. The molecule has 36 heavy (non-hydrogen) atoms. The number of aromatic nitrogens is 6. The lowest BCUT2D eigenvalue weighted by molar-refractivity contribution is 0.0380. The first-order valence-corrected chi connectivity index (χ1v) is 11.1. The summed E-state index contributed by atoms with van der Waals surface area (Å²) < 4.78 is 64.4. The fourth-order valence-corrected chi connectivity index (χ4v) is 3.93. The van der Waals surface area contributed by atoms with Crippen molar-refractivity contribution in [2.45, 2.75) is 32.9 Å². The number of hydrogen-bond donors (Lipinski definition) is 1. The molecular weight excluding hydrogens is 463 g/mol. The van der Waals surface area contributed by atoms with Gasteiger partial charge in [-0.2, -0.15) is 5.10 Å². The van der Waals surface area contributed by atoms with Crippen LogP contribution in [0.15, 0.2) is 42.9 Å². The largest absolute Gasteiger partial charge is 0.382 e. The molecule has 11 heteroatoms. The molecule has 4 aromatic rings. The molecule has 1 unspecified atom stereocenters. The third-order valence-corrected chi connectivity index (χ3v) is 5.83. The Kier molecular flexibility index (Phi) is 4.80. The molecular formula is C25H27FN8O2. The van der Waals surface area contributed by atoms with Crippen LogP contribution >= 0.6 is 0 Å². The third kappa shape index (κ3) is 4.44. The van der Waals surface area contributed by atoms with Crippen LogP contribution in [0, 0.1) is 19.6 Å². The molecule has 0 fully saturated rings. The fraction of sp³-hybridized carbons (Fsp3) is 0.320. The minimum atomic E-state index is -2.59. The first kappa shape index (κ1) is 18.2. The molecule has 0 spiro atoms. The molecule has 1 aliphatic heterocycles. The van der Waals surface area contributed by atoms with Gasteiger partial charge in [0.05, 0.1) is 27.3 Å². The van der Waals surface area contributed by atoms with Crippen molar-refractivity contribution < 1.29 is 20.8 Å². The van der Waals surface area contributed by atoms with Crippen molar-refractivity contribution in [3.8, 4) is 11.4 Å². The smallest absolute Gasteiger partial charge is 0.290 e. The summed E-state index contributed by atoms with van der Waals surface area (Å²) in [6.07, 6.45) is 4.25. The predicted octanol–water partition coefficient (Wildman–Crippen LogP) is 3.24. The molecule has 0 radical (unpaired) electrons. The first-order chi connectivity index (χ1) is 19.3. The van der Waals surface area contributed by atoms with Crippen LogP contribution in [0.4, 0.5) is 16.2 Å². The fourth-order valence-electron chi connectivity index (χ4n) is 3.93. The SMILES string of the molecule is [2H]C([2H])([2H])c1cnc(Nc2ccnn2C)nc1-c1cn2c(n1)C(=O)N(C([2H])([2H])c1ccc(C)c(F)c1)C(COC)C2. The van der Waals surface area contributed by atoms with Crippen molar-refractivity contribution in [2.75, 3.05) is 19.0 Å². The second-order valence-electron chi connectivity index (χ2n) is 8.38. The van der Waals surface area contributed by atoms with Gasteiger partial charge in [0.1, 0.15) is 17.3 Å². The van der Waals surface area contributed by atoms with E-state index >= 15 is 0 Å². The maximum Gasteiger partial charge on any atom is 0.290 e. The Hall–Kier alpha value is -4.12. The summed E-state index contributed by atoms with van der Waals surface area (Å²) in [6.45, 7) is -3.37. The van der Waals surface area contributed by atoms with E-state index in [0.29, 0.717) is 11.4 Å². The summed E-state index contributed by atoms with van der Waals surface area (Å²) in [5.74, 6) is -0.844. The normalized spacial score (nSPS) is 18.1. The highest BCUT2D eigenvalue weighted by atomic mass is 19.1. The molecule has 5 rings (SSSR count). The summed E-state index contributed by atoms with van der Waals surface area (Å²) in [5.41, 5.74) is 0.205. The number of benzene rings is 1. The monoisotopic (exact) mass is 495 g/mol. The van der Waals surface area contributed by atoms with E-state index in [1.165, 1.54) is 36.2 Å². The number of aryl methyl sites for hydroxylation is 3. The minimum Gasteiger partial charge on any atom is -0.382 e. The van der Waals surface area contributed by atoms with E-state index in [1.54, 1.807) is 30.9 Å². The van der Waals surface area contributed by atoms with E-state index in [4.69, 9.17) is 11.6 Å². The predicted molar refractivity (Wildman–Crippen MR) is 131 cm³/mol. The molecule has 0 bridgehead atoms. The van der Waals surface area contributed by atoms with Crippen molar-refractivity contribution in [2.24, 2.45) is 7.05 Å². The number of halogens is 1. The van der Waals surface area contributed by atoms with Gasteiger partial charge in [0.15, 0.2) is 5.82 Å². The Morgan fingerprint density at radius 3 is 2.89 bits per heavy atom. The zero-order valence-electron chi connectivity index (χ0n) is 24.9. The van der Waals surface area contributed by atoms with Crippen molar-refractivity contribution >= 4 is 17.7 Å². The highest BCUT2D eigenvalue weighted by molar-refractivity contribution is 5.92. The molecule has 186 valence electrons. The number of ether oxygens (including phenoxy) is 1. The number of methoxy groups -OCH3 is 1. The van der Waals surface area contributed by atoms with E-state index in [1.807, 2.05) is 0 Å². The lowest BCUT2D eigenvalue weighted by Crippen LogP contribution is -2.49. The molecule has 1 aromatic carbocycles. The van der Waals surface area contributed by atoms with Crippen LogP contribution in [-0.4, -0.2) is 59.9 Å². The van der Waals surface area contributed by atoms with Crippen LogP contribution in [0.5, 0.6) is 0 Å². The standard InChI is InChI=1S/C25H27FN8O2/c1-15-5-6-17(9-19(15)26)11-34-18(14-36-4)12-33-13-20(29-23(33)24(34)35)22-16(2)10-27-25(31-22)30-21-7-8-28-32(21)3/h5-10,13,18H,11-12,14H2,1-4H3,(H,27,30,31)/i2D3,11D2. The van der Waals surface area contributed by atoms with E-state index in [2.05, 4.69) is 25.4 Å². The average molecular weight is 496 g/mol. The number of nitrogens with one attached hydrogen (secondary N) is 1. The van der Waals surface area contributed by atoms with Crippen LogP contribution in [-0.2, 0) is 24.8 Å². The Balaban J connectivity index is 1.58. The summed E-state index contributed by atoms with van der Waals surface area (Å²) in [6, 6.07) is 4.86. The third-order valence-electron chi connectivity index (χ3n) is 5.83. The molecule has 1 amide bonds. The number of rotatable bonds is 7. The topological polar surface area (TPSA) is 103 Å². The summed E-state index contributed by atoms with van der Waals surface area (Å²) in [4.78, 5) is 27.8. The molecule has 0 saturated carbocycles. The van der Waals surface area contributed by atoms with Gasteiger partial charge in [-0.25, -0.2) is 19.3 Å². The second kappa shape index (κ2) is 9.50. The number of fused-ring (bicyclic) bond motifs is 1. The first-order valence-electron chi connectivity index (χ1n) is 13.6. The number of amides is 1. The van der Waals surface area contributed by atoms with Crippen LogP contribution < -0.4 is 5.32 Å². The van der Waals surface area contributed by atoms with E-state index in [9.17, 15) is 9.18 Å². The Bertz CT molecular complexity index is 1620. The van der Waals surface area contributed by atoms with Gasteiger partial charge in [-0.05, 0) is 36.5 Å². The van der Waals surface area contributed by atoms with Crippen LogP contribution in [0.1, 0.15) is 34.2 Å². The highest BCUT2D eigenvalue weighted by Crippen LogP contribution is 2.27. The van der Waals surface area contributed by atoms with Crippen molar-refractivity contribution in [3.05, 3.63) is 71.2 Å². The maximum absolute atomic E-state index is 14.4. The van der Waals surface area contributed by atoms with Crippen LogP contribution in [0.25, 0.3) is 11.4 Å². The Morgan fingerprint density at radius 2 is 2.17 bits per heavy atom. The summed E-state index contributed by atoms with van der Waals surface area (Å²) >= 11 is 0. The lowest BCUT2D eigenvalue weighted by Gasteiger charge is -2.35. The zero-order chi connectivity index (χ0) is 29.7. The second-order valence-corrected chi connectivity index (χ2v) is 8.38. The number of hydrogen-bond acceptors (Lipinski definition) is 7. The van der Waals surface area contributed by atoms with Gasteiger partial charge in [-0.3, -0.25) is 9.48 Å². The zero-order valence-corrected chi connectivity index (χ0v) is 19.9. The maximum atomic E-state index is 14.4. The van der Waals surface area contributed by atoms with E-state index in [0.717, 1.165) is 11.0 Å². The summed E-state index contributed by atoms with van der Waals surface area (Å²) in [5, 5.41) is 7.05. The molecule has 1 aliphatic rings. The lowest BCUT2D eigenvalue weighted by atomic mass is 10.1. The quantitative estimate of drug-likeness (QED) is 0.420. The van der Waals surface area contributed by atoms with Gasteiger partial charge >= 0.3 is 0 Å². The number of carbonyl (C=O) groups is 1. The van der Waals surface area contributed by atoms with Crippen LogP contribution in [0.2, 0.25) is 0 Å². The molecule has 4 heterocycles. The molecule has 0 aliphatic carbocycles. The Labute approximate surface area is 214 Å². The van der Waals surface area contributed by atoms with Crippen molar-refractivity contribution in [1.29, 1.82) is 0 Å². The molecule has 10 nitrogen and oxygen atoms in total. The number of imidazole rings is 1. The van der Waals surface area contributed by atoms with Gasteiger partial charge in [0.2, 0.25) is 5.95 Å². The van der Waals surface area contributed by atoms with Crippen LogP contribution in [0.3, 0.4) is 0 Å². The highest BCUT2D eigenvalue weighted by Gasteiger charge is 2.35. The molecule has 0 saturated heterocycles. The van der Waals surface area contributed by atoms with Crippen molar-refractivity contribution in [1.82, 2.24) is 34.2 Å². The van der Waals surface area contributed by atoms with E-state index in [-0.39, 0.29) is 47.4 Å². The van der Waals surface area contributed by atoms with Gasteiger partial charge in [-0.1, -0.05) is 12.1 Å². The minimum absolute atomic E-state index is 0.0145. The summed E-state index contributed by atoms with van der Waals surface area (Å²) in [7, 11) is 3.14. The van der Waals surface area contributed by atoms with Gasteiger partial charge in [-0.15, -0.1) is 0 Å². The number of nitrogens with zero attached hydrogens (tertiary/aromatic N) is 7. The Morgan fingerprint density at radius 1 is 1.31 bits per heavy atom.